The van der Waals surface area contributed by atoms with Crippen molar-refractivity contribution < 1.29 is 9.21 Å². The lowest BCUT2D eigenvalue weighted by molar-refractivity contribution is 0.0952. The number of rotatable bonds is 5. The number of hydrogen-bond donors (Lipinski definition) is 1. The summed E-state index contributed by atoms with van der Waals surface area (Å²) < 4.78 is 5.16. The highest BCUT2D eigenvalue weighted by atomic mass is 16.4. The summed E-state index contributed by atoms with van der Waals surface area (Å²) in [6, 6.07) is 1.45. The van der Waals surface area contributed by atoms with Crippen molar-refractivity contribution in [3.63, 3.8) is 0 Å². The predicted molar refractivity (Wildman–Crippen MR) is 77.7 cm³/mol. The van der Waals surface area contributed by atoms with Crippen molar-refractivity contribution in [2.45, 2.75) is 46.0 Å². The van der Waals surface area contributed by atoms with Gasteiger partial charge in [0.05, 0.1) is 5.56 Å². The van der Waals surface area contributed by atoms with Crippen molar-refractivity contribution in [2.24, 2.45) is 5.92 Å². The largest absolute Gasteiger partial charge is 0.427 e. The van der Waals surface area contributed by atoms with Crippen LogP contribution >= 0.6 is 0 Å². The van der Waals surface area contributed by atoms with Crippen molar-refractivity contribution >= 4 is 5.91 Å². The van der Waals surface area contributed by atoms with Gasteiger partial charge in [0, 0.05) is 18.2 Å². The highest BCUT2D eigenvalue weighted by Crippen LogP contribution is 2.23. The SMILES string of the molecule is C=C1Cc2oc(=O)cc(CCC(CC)CC)c2C(=O)N1. The van der Waals surface area contributed by atoms with Crippen LogP contribution in [-0.4, -0.2) is 5.91 Å². The molecule has 0 aromatic carbocycles. The third-order valence-corrected chi connectivity index (χ3v) is 3.98. The second-order valence-corrected chi connectivity index (χ2v) is 5.34. The highest BCUT2D eigenvalue weighted by Gasteiger charge is 2.25. The van der Waals surface area contributed by atoms with E-state index >= 15 is 0 Å². The van der Waals surface area contributed by atoms with Crippen LogP contribution < -0.4 is 10.9 Å². The summed E-state index contributed by atoms with van der Waals surface area (Å²) in [6.07, 6.45) is 4.35. The van der Waals surface area contributed by atoms with Gasteiger partial charge >= 0.3 is 5.63 Å². The summed E-state index contributed by atoms with van der Waals surface area (Å²) >= 11 is 0. The standard InChI is InChI=1S/C16H21NO3/c1-4-11(5-2)6-7-12-9-14(18)20-13-8-10(3)17-16(19)15(12)13/h9,11H,3-8H2,1-2H3,(H,17,19). The van der Waals surface area contributed by atoms with Crippen LogP contribution in [0.3, 0.4) is 0 Å². The van der Waals surface area contributed by atoms with Gasteiger partial charge in [-0.3, -0.25) is 4.79 Å². The van der Waals surface area contributed by atoms with Crippen LogP contribution in [0.4, 0.5) is 0 Å². The molecule has 0 bridgehead atoms. The van der Waals surface area contributed by atoms with Crippen molar-refractivity contribution in [3.05, 3.63) is 45.6 Å². The first kappa shape index (κ1) is 14.6. The smallest absolute Gasteiger partial charge is 0.336 e. The van der Waals surface area contributed by atoms with Crippen molar-refractivity contribution in [3.8, 4) is 0 Å². The van der Waals surface area contributed by atoms with Gasteiger partial charge in [0.1, 0.15) is 5.76 Å². The number of amides is 1. The molecule has 1 aliphatic heterocycles. The maximum Gasteiger partial charge on any atom is 0.336 e. The zero-order valence-corrected chi connectivity index (χ0v) is 12.1. The third-order valence-electron chi connectivity index (χ3n) is 3.98. The summed E-state index contributed by atoms with van der Waals surface area (Å²) in [4.78, 5) is 23.7. The van der Waals surface area contributed by atoms with Crippen LogP contribution in [0.25, 0.3) is 0 Å². The van der Waals surface area contributed by atoms with Gasteiger partial charge in [0.2, 0.25) is 0 Å². The Morgan fingerprint density at radius 2 is 2.05 bits per heavy atom. The van der Waals surface area contributed by atoms with Crippen molar-refractivity contribution in [2.75, 3.05) is 0 Å². The third kappa shape index (κ3) is 3.00. The summed E-state index contributed by atoms with van der Waals surface area (Å²) in [7, 11) is 0. The molecule has 1 aromatic rings. The summed E-state index contributed by atoms with van der Waals surface area (Å²) in [5.41, 5.74) is 1.52. The van der Waals surface area contributed by atoms with Gasteiger partial charge in [0.25, 0.3) is 5.91 Å². The fraction of sp³-hybridized carbons (Fsp3) is 0.500. The molecule has 2 rings (SSSR count). The average Bonchev–Trinajstić information content (AvgIpc) is 2.38. The van der Waals surface area contributed by atoms with Gasteiger partial charge < -0.3 is 9.73 Å². The van der Waals surface area contributed by atoms with Crippen LogP contribution in [0.2, 0.25) is 0 Å². The second kappa shape index (κ2) is 6.07. The fourth-order valence-electron chi connectivity index (χ4n) is 2.71. The summed E-state index contributed by atoms with van der Waals surface area (Å²) in [5.74, 6) is 0.866. The van der Waals surface area contributed by atoms with E-state index in [0.29, 0.717) is 29.4 Å². The Kier molecular flexibility index (Phi) is 4.42. The molecule has 4 nitrogen and oxygen atoms in total. The molecule has 0 aliphatic carbocycles. The van der Waals surface area contributed by atoms with Gasteiger partial charge in [-0.05, 0) is 24.3 Å². The number of allylic oxidation sites excluding steroid dienone is 1. The molecule has 1 aromatic heterocycles. The Morgan fingerprint density at radius 1 is 1.35 bits per heavy atom. The molecule has 0 radical (unpaired) electrons. The van der Waals surface area contributed by atoms with Crippen LogP contribution in [0.1, 0.15) is 54.8 Å². The number of aryl methyl sites for hydroxylation is 1. The number of carbonyl (C=O) groups is 1. The number of fused-ring (bicyclic) bond motifs is 1. The molecule has 0 saturated carbocycles. The minimum atomic E-state index is -0.384. The summed E-state index contributed by atoms with van der Waals surface area (Å²) in [6.45, 7) is 8.06. The monoisotopic (exact) mass is 275 g/mol. The molecule has 108 valence electrons. The number of nitrogens with one attached hydrogen (secondary N) is 1. The molecule has 2 heterocycles. The van der Waals surface area contributed by atoms with Gasteiger partial charge in [0.15, 0.2) is 0 Å². The van der Waals surface area contributed by atoms with Crippen LogP contribution in [-0.2, 0) is 12.8 Å². The molecular weight excluding hydrogens is 254 g/mol. The van der Waals surface area contributed by atoms with Crippen molar-refractivity contribution in [1.29, 1.82) is 0 Å². The first-order valence-electron chi connectivity index (χ1n) is 7.20. The van der Waals surface area contributed by atoms with Gasteiger partial charge in [-0.25, -0.2) is 4.79 Å². The Morgan fingerprint density at radius 3 is 2.70 bits per heavy atom. The minimum Gasteiger partial charge on any atom is -0.427 e. The lowest BCUT2D eigenvalue weighted by Crippen LogP contribution is -2.32. The van der Waals surface area contributed by atoms with E-state index in [4.69, 9.17) is 4.42 Å². The Hall–Kier alpha value is -1.84. The van der Waals surface area contributed by atoms with E-state index in [1.54, 1.807) is 0 Å². The molecule has 0 spiro atoms. The molecule has 1 aliphatic rings. The zero-order valence-electron chi connectivity index (χ0n) is 12.1. The van der Waals surface area contributed by atoms with E-state index < -0.39 is 0 Å². The lowest BCUT2D eigenvalue weighted by atomic mass is 9.91. The van der Waals surface area contributed by atoms with Crippen LogP contribution in [0.5, 0.6) is 0 Å². The quantitative estimate of drug-likeness (QED) is 0.899. The molecule has 1 amide bonds. The maximum absolute atomic E-state index is 12.1. The summed E-state index contributed by atoms with van der Waals surface area (Å²) in [5, 5.41) is 2.72. The zero-order chi connectivity index (χ0) is 14.7. The molecule has 4 heteroatoms. The van der Waals surface area contributed by atoms with Gasteiger partial charge in [-0.2, -0.15) is 0 Å². The second-order valence-electron chi connectivity index (χ2n) is 5.34. The van der Waals surface area contributed by atoms with E-state index in [2.05, 4.69) is 25.7 Å². The number of carbonyl (C=O) groups excluding carboxylic acids is 1. The molecule has 0 unspecified atom stereocenters. The first-order valence-corrected chi connectivity index (χ1v) is 7.20. The van der Waals surface area contributed by atoms with Crippen LogP contribution in [0, 0.1) is 5.92 Å². The van der Waals surface area contributed by atoms with E-state index in [1.165, 1.54) is 6.07 Å². The lowest BCUT2D eigenvalue weighted by Gasteiger charge is -2.20. The molecular formula is C16H21NO3. The molecule has 20 heavy (non-hydrogen) atoms. The normalized spacial score (nSPS) is 14.3. The molecule has 1 N–H and O–H groups in total. The highest BCUT2D eigenvalue weighted by molar-refractivity contribution is 5.98. The topological polar surface area (TPSA) is 59.3 Å². The van der Waals surface area contributed by atoms with E-state index in [0.717, 1.165) is 31.2 Å². The minimum absolute atomic E-state index is 0.209. The molecule has 0 atom stereocenters. The predicted octanol–water partition coefficient (Wildman–Crippen LogP) is 2.81. The van der Waals surface area contributed by atoms with Crippen LogP contribution in [0.15, 0.2) is 27.6 Å². The first-order chi connectivity index (χ1) is 9.55. The molecule has 0 saturated heterocycles. The molecule has 0 fully saturated rings. The van der Waals surface area contributed by atoms with E-state index in [1.807, 2.05) is 0 Å². The van der Waals surface area contributed by atoms with E-state index in [-0.39, 0.29) is 11.5 Å². The Bertz CT molecular complexity index is 582. The van der Waals surface area contributed by atoms with Gasteiger partial charge in [-0.15, -0.1) is 0 Å². The van der Waals surface area contributed by atoms with Crippen molar-refractivity contribution in [1.82, 2.24) is 5.32 Å². The maximum atomic E-state index is 12.1. The Labute approximate surface area is 118 Å². The van der Waals surface area contributed by atoms with E-state index in [9.17, 15) is 9.59 Å². The number of hydrogen-bond acceptors (Lipinski definition) is 3. The average molecular weight is 275 g/mol. The van der Waals surface area contributed by atoms with Gasteiger partial charge in [-0.1, -0.05) is 33.3 Å². The fourth-order valence-corrected chi connectivity index (χ4v) is 2.71. The Balaban J connectivity index is 2.31.